The number of hydrogen-bond acceptors (Lipinski definition) is 6. The molecule has 0 saturated carbocycles. The molecule has 0 radical (unpaired) electrons. The summed E-state index contributed by atoms with van der Waals surface area (Å²) in [6.45, 7) is 2.39. The van der Waals surface area contributed by atoms with E-state index in [2.05, 4.69) is 25.8 Å². The summed E-state index contributed by atoms with van der Waals surface area (Å²) in [5, 5.41) is 13.7. The SMILES string of the molecule is CCOc1ccccc1Nc1nncc(Nc2ccc(C(F)(F)F)cc2)n1. The summed E-state index contributed by atoms with van der Waals surface area (Å²) in [5.74, 6) is 1.20. The minimum absolute atomic E-state index is 0.221. The summed E-state index contributed by atoms with van der Waals surface area (Å²) in [5.41, 5.74) is 0.403. The van der Waals surface area contributed by atoms with Gasteiger partial charge in [-0.05, 0) is 43.3 Å². The molecule has 0 atom stereocenters. The summed E-state index contributed by atoms with van der Waals surface area (Å²) in [7, 11) is 0. The normalized spacial score (nSPS) is 11.1. The van der Waals surface area contributed by atoms with E-state index in [1.807, 2.05) is 31.2 Å². The molecular formula is C18H16F3N5O. The van der Waals surface area contributed by atoms with Crippen molar-refractivity contribution in [3.8, 4) is 5.75 Å². The van der Waals surface area contributed by atoms with Crippen LogP contribution in [0.25, 0.3) is 0 Å². The second-order valence-electron chi connectivity index (χ2n) is 5.42. The van der Waals surface area contributed by atoms with Gasteiger partial charge in [0.25, 0.3) is 0 Å². The fraction of sp³-hybridized carbons (Fsp3) is 0.167. The van der Waals surface area contributed by atoms with Gasteiger partial charge in [-0.15, -0.1) is 5.10 Å². The van der Waals surface area contributed by atoms with Crippen LogP contribution < -0.4 is 15.4 Å². The summed E-state index contributed by atoms with van der Waals surface area (Å²) in [6, 6.07) is 11.9. The van der Waals surface area contributed by atoms with Crippen LogP contribution in [0.2, 0.25) is 0 Å². The number of alkyl halides is 3. The van der Waals surface area contributed by atoms with E-state index >= 15 is 0 Å². The first kappa shape index (κ1) is 18.4. The molecule has 1 aromatic heterocycles. The van der Waals surface area contributed by atoms with E-state index in [0.717, 1.165) is 12.1 Å². The number of hydrogen-bond donors (Lipinski definition) is 2. The molecule has 0 aliphatic carbocycles. The molecule has 140 valence electrons. The van der Waals surface area contributed by atoms with Crippen molar-refractivity contribution in [1.29, 1.82) is 0 Å². The van der Waals surface area contributed by atoms with Crippen molar-refractivity contribution in [1.82, 2.24) is 15.2 Å². The number of nitrogens with one attached hydrogen (secondary N) is 2. The fourth-order valence-electron chi connectivity index (χ4n) is 2.28. The maximum Gasteiger partial charge on any atom is 0.416 e. The van der Waals surface area contributed by atoms with Crippen LogP contribution in [0.5, 0.6) is 5.75 Å². The van der Waals surface area contributed by atoms with Crippen LogP contribution in [-0.4, -0.2) is 21.8 Å². The Morgan fingerprint density at radius 2 is 1.74 bits per heavy atom. The lowest BCUT2D eigenvalue weighted by atomic mass is 10.2. The molecule has 9 heteroatoms. The van der Waals surface area contributed by atoms with Gasteiger partial charge < -0.3 is 15.4 Å². The summed E-state index contributed by atoms with van der Waals surface area (Å²) >= 11 is 0. The molecule has 0 aliphatic rings. The molecule has 3 aromatic rings. The Balaban J connectivity index is 1.74. The van der Waals surface area contributed by atoms with Crippen molar-refractivity contribution >= 4 is 23.1 Å². The average molecular weight is 375 g/mol. The zero-order valence-electron chi connectivity index (χ0n) is 14.3. The van der Waals surface area contributed by atoms with Gasteiger partial charge in [0.05, 0.1) is 24.1 Å². The number of ether oxygens (including phenoxy) is 1. The van der Waals surface area contributed by atoms with Gasteiger partial charge in [0, 0.05) is 5.69 Å². The van der Waals surface area contributed by atoms with Crippen LogP contribution in [0.4, 0.5) is 36.3 Å². The van der Waals surface area contributed by atoms with E-state index in [9.17, 15) is 13.2 Å². The largest absolute Gasteiger partial charge is 0.492 e. The van der Waals surface area contributed by atoms with E-state index in [4.69, 9.17) is 4.74 Å². The average Bonchev–Trinajstić information content (AvgIpc) is 2.64. The molecule has 0 bridgehead atoms. The van der Waals surface area contributed by atoms with Crippen molar-refractivity contribution in [2.75, 3.05) is 17.2 Å². The third-order valence-corrected chi connectivity index (χ3v) is 3.48. The molecular weight excluding hydrogens is 359 g/mol. The van der Waals surface area contributed by atoms with Crippen LogP contribution in [0.1, 0.15) is 12.5 Å². The standard InChI is InChI=1S/C18H16F3N5O/c1-2-27-15-6-4-3-5-14(15)24-17-25-16(11-22-26-17)23-13-9-7-12(8-10-13)18(19,20)21/h3-11H,2H2,1H3,(H2,23,24,25,26). The number of rotatable bonds is 6. The van der Waals surface area contributed by atoms with Crippen molar-refractivity contribution in [3.63, 3.8) is 0 Å². The second-order valence-corrected chi connectivity index (χ2v) is 5.42. The number of para-hydroxylation sites is 2. The number of aromatic nitrogens is 3. The third-order valence-electron chi connectivity index (χ3n) is 3.48. The first-order valence-corrected chi connectivity index (χ1v) is 8.08. The fourth-order valence-corrected chi connectivity index (χ4v) is 2.28. The Morgan fingerprint density at radius 3 is 2.44 bits per heavy atom. The van der Waals surface area contributed by atoms with Gasteiger partial charge in [-0.25, -0.2) is 0 Å². The molecule has 2 aromatic carbocycles. The molecule has 3 rings (SSSR count). The summed E-state index contributed by atoms with van der Waals surface area (Å²) < 4.78 is 43.4. The Labute approximate surface area is 153 Å². The summed E-state index contributed by atoms with van der Waals surface area (Å²) in [4.78, 5) is 4.26. The molecule has 0 spiro atoms. The van der Waals surface area contributed by atoms with E-state index in [1.165, 1.54) is 18.3 Å². The van der Waals surface area contributed by atoms with Gasteiger partial charge in [0.15, 0.2) is 5.82 Å². The smallest absolute Gasteiger partial charge is 0.416 e. The predicted molar refractivity (Wildman–Crippen MR) is 95.4 cm³/mol. The molecule has 6 nitrogen and oxygen atoms in total. The molecule has 27 heavy (non-hydrogen) atoms. The molecule has 1 heterocycles. The monoisotopic (exact) mass is 375 g/mol. The Hall–Kier alpha value is -3.36. The number of nitrogens with zero attached hydrogens (tertiary/aromatic N) is 3. The minimum atomic E-state index is -4.37. The molecule has 0 saturated heterocycles. The minimum Gasteiger partial charge on any atom is -0.492 e. The van der Waals surface area contributed by atoms with Gasteiger partial charge in [0.2, 0.25) is 5.95 Å². The van der Waals surface area contributed by atoms with Crippen LogP contribution >= 0.6 is 0 Å². The molecule has 2 N–H and O–H groups in total. The lowest BCUT2D eigenvalue weighted by Crippen LogP contribution is -2.05. The van der Waals surface area contributed by atoms with Gasteiger partial charge in [-0.2, -0.15) is 23.3 Å². The van der Waals surface area contributed by atoms with Crippen LogP contribution in [-0.2, 0) is 6.18 Å². The maximum atomic E-state index is 12.6. The lowest BCUT2D eigenvalue weighted by molar-refractivity contribution is -0.137. The highest BCUT2D eigenvalue weighted by atomic mass is 19.4. The highest BCUT2D eigenvalue weighted by Gasteiger charge is 2.29. The highest BCUT2D eigenvalue weighted by molar-refractivity contribution is 5.63. The first-order chi connectivity index (χ1) is 13.0. The highest BCUT2D eigenvalue weighted by Crippen LogP contribution is 2.30. The van der Waals surface area contributed by atoms with Crippen LogP contribution in [0.3, 0.4) is 0 Å². The Morgan fingerprint density at radius 1 is 1.00 bits per heavy atom. The van der Waals surface area contributed by atoms with Crippen LogP contribution in [0.15, 0.2) is 54.7 Å². The molecule has 0 amide bonds. The van der Waals surface area contributed by atoms with E-state index in [1.54, 1.807) is 0 Å². The lowest BCUT2D eigenvalue weighted by Gasteiger charge is -2.12. The van der Waals surface area contributed by atoms with Gasteiger partial charge in [-0.1, -0.05) is 12.1 Å². The van der Waals surface area contributed by atoms with Gasteiger partial charge >= 0.3 is 6.18 Å². The molecule has 0 fully saturated rings. The van der Waals surface area contributed by atoms with Crippen molar-refractivity contribution in [3.05, 3.63) is 60.3 Å². The maximum absolute atomic E-state index is 12.6. The quantitative estimate of drug-likeness (QED) is 0.646. The van der Waals surface area contributed by atoms with Gasteiger partial charge in [-0.3, -0.25) is 0 Å². The molecule has 0 aliphatic heterocycles. The Bertz CT molecular complexity index is 900. The number of anilines is 4. The predicted octanol–water partition coefficient (Wildman–Crippen LogP) is 4.78. The second kappa shape index (κ2) is 7.90. The molecule has 0 unspecified atom stereocenters. The van der Waals surface area contributed by atoms with E-state index < -0.39 is 11.7 Å². The zero-order valence-corrected chi connectivity index (χ0v) is 14.3. The summed E-state index contributed by atoms with van der Waals surface area (Å²) in [6.07, 6.45) is -3.00. The van der Waals surface area contributed by atoms with Crippen molar-refractivity contribution in [2.45, 2.75) is 13.1 Å². The number of benzene rings is 2. The van der Waals surface area contributed by atoms with Crippen LogP contribution in [0, 0.1) is 0 Å². The van der Waals surface area contributed by atoms with E-state index in [-0.39, 0.29) is 5.95 Å². The third kappa shape index (κ3) is 4.84. The zero-order chi connectivity index (χ0) is 19.3. The van der Waals surface area contributed by atoms with Crippen molar-refractivity contribution < 1.29 is 17.9 Å². The topological polar surface area (TPSA) is 72.0 Å². The van der Waals surface area contributed by atoms with Crippen molar-refractivity contribution in [2.24, 2.45) is 0 Å². The van der Waals surface area contributed by atoms with E-state index in [0.29, 0.717) is 29.5 Å². The first-order valence-electron chi connectivity index (χ1n) is 8.08. The number of halogens is 3. The Kier molecular flexibility index (Phi) is 5.39. The van der Waals surface area contributed by atoms with Gasteiger partial charge in [0.1, 0.15) is 5.75 Å².